The van der Waals surface area contributed by atoms with Crippen molar-refractivity contribution in [2.45, 2.75) is 42.5 Å². The van der Waals surface area contributed by atoms with Gasteiger partial charge in [0.25, 0.3) is 31.9 Å². The molecule has 2 N–H and O–H groups in total. The Labute approximate surface area is 278 Å². The first-order valence-corrected chi connectivity index (χ1v) is 18.0. The lowest BCUT2D eigenvalue weighted by molar-refractivity contribution is 0.0967. The molecule has 0 aliphatic carbocycles. The van der Waals surface area contributed by atoms with Crippen LogP contribution in [0.15, 0.2) is 119 Å². The molecule has 47 heavy (non-hydrogen) atoms. The SMILES string of the molecule is CCCCc1nc(Cl)c(C(=O)NS(=O)(=O)c2ccccc2)n1Cc1ccc(-c2ccccc2S(=O)(=O)NC(=O)c2ccccc2)cc1. The van der Waals surface area contributed by atoms with Gasteiger partial charge in [-0.25, -0.2) is 31.3 Å². The number of unbranched alkanes of at least 4 members (excludes halogenated alkanes) is 1. The highest BCUT2D eigenvalue weighted by Gasteiger charge is 2.27. The molecule has 242 valence electrons. The maximum Gasteiger partial charge on any atom is 0.284 e. The Morgan fingerprint density at radius 3 is 2.00 bits per heavy atom. The lowest BCUT2D eigenvalue weighted by Crippen LogP contribution is -2.32. The zero-order chi connectivity index (χ0) is 33.6. The molecule has 0 aliphatic heterocycles. The van der Waals surface area contributed by atoms with Crippen LogP contribution in [0.5, 0.6) is 0 Å². The Hall–Kier alpha value is -4.78. The standard InChI is InChI=1S/C34H31ClN4O6S2/c1-2-3-18-30-36-32(35)31(34(41)38-46(42,43)27-14-8-5-9-15-27)39(30)23-24-19-21-25(22-20-24)28-16-10-11-17-29(28)47(44,45)37-33(40)26-12-6-4-7-13-26/h4-17,19-22H,2-3,18,23H2,1H3,(H,37,40)(H,38,41). The molecule has 0 aliphatic rings. The van der Waals surface area contributed by atoms with Crippen molar-refractivity contribution in [3.63, 3.8) is 0 Å². The van der Waals surface area contributed by atoms with Crippen LogP contribution >= 0.6 is 11.6 Å². The number of nitrogens with zero attached hydrogens (tertiary/aromatic N) is 2. The first-order valence-electron chi connectivity index (χ1n) is 14.7. The van der Waals surface area contributed by atoms with Gasteiger partial charge >= 0.3 is 0 Å². The summed E-state index contributed by atoms with van der Waals surface area (Å²) in [4.78, 5) is 30.3. The fourth-order valence-corrected chi connectivity index (χ4v) is 7.41. The number of nitrogens with one attached hydrogen (secondary N) is 2. The van der Waals surface area contributed by atoms with Crippen LogP contribution in [0.2, 0.25) is 5.15 Å². The smallest absolute Gasteiger partial charge is 0.284 e. The van der Waals surface area contributed by atoms with E-state index in [1.54, 1.807) is 83.4 Å². The largest absolute Gasteiger partial charge is 0.318 e. The number of imidazole rings is 1. The van der Waals surface area contributed by atoms with E-state index in [0.29, 0.717) is 23.4 Å². The highest BCUT2D eigenvalue weighted by molar-refractivity contribution is 7.90. The zero-order valence-corrected chi connectivity index (χ0v) is 27.6. The summed E-state index contributed by atoms with van der Waals surface area (Å²) in [7, 11) is -8.40. The summed E-state index contributed by atoms with van der Waals surface area (Å²) in [6.07, 6.45) is 2.13. The summed E-state index contributed by atoms with van der Waals surface area (Å²) < 4.78 is 58.3. The molecule has 0 saturated heterocycles. The third-order valence-corrected chi connectivity index (χ3v) is 10.3. The van der Waals surface area contributed by atoms with Crippen LogP contribution in [0, 0.1) is 0 Å². The Kier molecular flexibility index (Phi) is 10.2. The molecule has 4 aromatic carbocycles. The molecule has 0 fully saturated rings. The number of aryl methyl sites for hydroxylation is 1. The molecule has 0 spiro atoms. The molecule has 2 amide bonds. The number of hydrogen-bond donors (Lipinski definition) is 2. The summed E-state index contributed by atoms with van der Waals surface area (Å²) in [6.45, 7) is 2.15. The van der Waals surface area contributed by atoms with E-state index in [0.717, 1.165) is 18.4 Å². The van der Waals surface area contributed by atoms with Crippen molar-refractivity contribution in [3.05, 3.63) is 137 Å². The number of hydrogen-bond acceptors (Lipinski definition) is 7. The fraction of sp³-hybridized carbons (Fsp3) is 0.147. The van der Waals surface area contributed by atoms with Crippen molar-refractivity contribution in [2.75, 3.05) is 0 Å². The van der Waals surface area contributed by atoms with Gasteiger partial charge in [0.1, 0.15) is 11.5 Å². The second-order valence-electron chi connectivity index (χ2n) is 10.6. The molecule has 0 radical (unpaired) electrons. The molecule has 0 unspecified atom stereocenters. The normalized spacial score (nSPS) is 11.6. The number of carbonyl (C=O) groups is 2. The highest BCUT2D eigenvalue weighted by atomic mass is 35.5. The van der Waals surface area contributed by atoms with E-state index in [1.165, 1.54) is 30.3 Å². The van der Waals surface area contributed by atoms with Crippen molar-refractivity contribution in [3.8, 4) is 11.1 Å². The van der Waals surface area contributed by atoms with Gasteiger partial charge in [0.15, 0.2) is 5.15 Å². The van der Waals surface area contributed by atoms with Gasteiger partial charge in [-0.1, -0.05) is 104 Å². The second kappa shape index (κ2) is 14.3. The van der Waals surface area contributed by atoms with E-state index in [4.69, 9.17) is 11.6 Å². The molecule has 1 aromatic heterocycles. The average molecular weight is 691 g/mol. The molecule has 1 heterocycles. The molecule has 10 nitrogen and oxygen atoms in total. The van der Waals surface area contributed by atoms with Crippen molar-refractivity contribution in [1.29, 1.82) is 0 Å². The molecule has 0 saturated carbocycles. The molecule has 5 rings (SSSR count). The van der Waals surface area contributed by atoms with Crippen LogP contribution in [0.1, 0.15) is 52.0 Å². The zero-order valence-electron chi connectivity index (χ0n) is 25.3. The van der Waals surface area contributed by atoms with Crippen molar-refractivity contribution >= 4 is 43.5 Å². The minimum atomic E-state index is -4.23. The van der Waals surface area contributed by atoms with E-state index in [9.17, 15) is 26.4 Å². The van der Waals surface area contributed by atoms with E-state index < -0.39 is 31.9 Å². The molecule has 13 heteroatoms. The van der Waals surface area contributed by atoms with Crippen LogP contribution in [0.25, 0.3) is 11.1 Å². The minimum Gasteiger partial charge on any atom is -0.318 e. The van der Waals surface area contributed by atoms with E-state index in [-0.39, 0.29) is 32.7 Å². The summed E-state index contributed by atoms with van der Waals surface area (Å²) in [6, 6.07) is 28.9. The Bertz CT molecular complexity index is 2120. The van der Waals surface area contributed by atoms with Crippen LogP contribution in [-0.2, 0) is 33.0 Å². The number of aromatic nitrogens is 2. The Balaban J connectivity index is 1.43. The quantitative estimate of drug-likeness (QED) is 0.168. The predicted octanol–water partition coefficient (Wildman–Crippen LogP) is 5.83. The third-order valence-electron chi connectivity index (χ3n) is 7.30. The van der Waals surface area contributed by atoms with E-state index in [2.05, 4.69) is 14.4 Å². The van der Waals surface area contributed by atoms with Crippen LogP contribution in [0.3, 0.4) is 0 Å². The second-order valence-corrected chi connectivity index (χ2v) is 14.3. The van der Waals surface area contributed by atoms with Crippen molar-refractivity contribution < 1.29 is 26.4 Å². The minimum absolute atomic E-state index is 0.0701. The number of carbonyl (C=O) groups excluding carboxylic acids is 2. The molecule has 5 aromatic rings. The summed E-state index contributed by atoms with van der Waals surface area (Å²) in [5, 5.41) is -0.120. The van der Waals surface area contributed by atoms with E-state index >= 15 is 0 Å². The Morgan fingerprint density at radius 1 is 0.745 bits per heavy atom. The maximum absolute atomic E-state index is 13.4. The third kappa shape index (κ3) is 7.79. The van der Waals surface area contributed by atoms with Gasteiger partial charge in [0.05, 0.1) is 9.79 Å². The number of benzene rings is 4. The molecular weight excluding hydrogens is 660 g/mol. The maximum atomic E-state index is 13.4. The summed E-state index contributed by atoms with van der Waals surface area (Å²) in [5.74, 6) is -1.14. The van der Waals surface area contributed by atoms with Crippen LogP contribution in [0.4, 0.5) is 0 Å². The van der Waals surface area contributed by atoms with Gasteiger partial charge in [0, 0.05) is 24.1 Å². The first-order chi connectivity index (χ1) is 22.5. The lowest BCUT2D eigenvalue weighted by atomic mass is 10.0. The van der Waals surface area contributed by atoms with Crippen molar-refractivity contribution in [2.24, 2.45) is 0 Å². The Morgan fingerprint density at radius 2 is 1.34 bits per heavy atom. The van der Waals surface area contributed by atoms with Crippen LogP contribution < -0.4 is 9.44 Å². The van der Waals surface area contributed by atoms with Crippen LogP contribution in [-0.4, -0.2) is 38.2 Å². The topological polar surface area (TPSA) is 144 Å². The number of amides is 2. The average Bonchev–Trinajstić information content (AvgIpc) is 3.38. The monoisotopic (exact) mass is 690 g/mol. The highest BCUT2D eigenvalue weighted by Crippen LogP contribution is 2.29. The van der Waals surface area contributed by atoms with Gasteiger partial charge in [-0.2, -0.15) is 0 Å². The first kappa shape index (κ1) is 33.6. The summed E-state index contributed by atoms with van der Waals surface area (Å²) >= 11 is 6.43. The van der Waals surface area contributed by atoms with Gasteiger partial charge < -0.3 is 4.57 Å². The van der Waals surface area contributed by atoms with Gasteiger partial charge in [-0.3, -0.25) is 9.59 Å². The van der Waals surface area contributed by atoms with Gasteiger partial charge in [-0.15, -0.1) is 0 Å². The predicted molar refractivity (Wildman–Crippen MR) is 179 cm³/mol. The fourth-order valence-electron chi connectivity index (χ4n) is 4.95. The summed E-state index contributed by atoms with van der Waals surface area (Å²) in [5.41, 5.74) is 1.79. The van der Waals surface area contributed by atoms with Crippen molar-refractivity contribution in [1.82, 2.24) is 19.0 Å². The van der Waals surface area contributed by atoms with Gasteiger partial charge in [-0.05, 0) is 47.9 Å². The van der Waals surface area contributed by atoms with E-state index in [1.807, 2.05) is 6.92 Å². The number of halogens is 1. The molecule has 0 atom stereocenters. The molecular formula is C34H31ClN4O6S2. The number of sulfonamides is 2. The number of rotatable bonds is 12. The molecule has 0 bridgehead atoms. The lowest BCUT2D eigenvalue weighted by Gasteiger charge is -2.14. The van der Waals surface area contributed by atoms with Gasteiger partial charge in [0.2, 0.25) is 0 Å².